The topological polar surface area (TPSA) is 102 Å². The molecular weight excluding hydrogens is 508 g/mol. The monoisotopic (exact) mass is 538 g/mol. The number of nitrogens with zero attached hydrogens (tertiary/aromatic N) is 2. The van der Waals surface area contributed by atoms with Crippen molar-refractivity contribution in [1.82, 2.24) is 0 Å². The van der Waals surface area contributed by atoms with Gasteiger partial charge in [-0.05, 0) is 31.2 Å². The molecule has 0 aliphatic heterocycles. The lowest BCUT2D eigenvalue weighted by atomic mass is 10.0. The van der Waals surface area contributed by atoms with Gasteiger partial charge in [0.1, 0.15) is 12.3 Å². The average Bonchev–Trinajstić information content (AvgIpc) is 2.93. The quantitative estimate of drug-likeness (QED) is 0.270. The molecule has 0 amide bonds. The first-order valence-electron chi connectivity index (χ1n) is 11.7. The van der Waals surface area contributed by atoms with E-state index in [-0.39, 0.29) is 35.6 Å². The minimum absolute atomic E-state index is 0.0467. The minimum Gasteiger partial charge on any atom is -0.497 e. The average molecular weight is 539 g/mol. The second-order valence-corrected chi connectivity index (χ2v) is 10.2. The van der Waals surface area contributed by atoms with Gasteiger partial charge in [0.2, 0.25) is 0 Å². The van der Waals surface area contributed by atoms with Crippen LogP contribution in [0.25, 0.3) is 10.8 Å². The molecule has 0 bridgehead atoms. The number of carbonyl (C=O) groups is 2. The largest absolute Gasteiger partial charge is 0.497 e. The van der Waals surface area contributed by atoms with Gasteiger partial charge in [0.25, 0.3) is 10.0 Å². The molecule has 0 fully saturated rings. The van der Waals surface area contributed by atoms with E-state index in [1.807, 2.05) is 24.0 Å². The summed E-state index contributed by atoms with van der Waals surface area (Å²) in [4.78, 5) is 26.2. The molecule has 0 N–H and O–H groups in total. The second kappa shape index (κ2) is 12.3. The van der Waals surface area contributed by atoms with Gasteiger partial charge < -0.3 is 19.1 Å². The first-order valence-corrected chi connectivity index (χ1v) is 13.1. The summed E-state index contributed by atoms with van der Waals surface area (Å²) in [5, 5.41) is 1.25. The lowest BCUT2D eigenvalue weighted by Crippen LogP contribution is -2.37. The molecule has 0 saturated carbocycles. The zero-order valence-electron chi connectivity index (χ0n) is 21.7. The second-order valence-electron chi connectivity index (χ2n) is 8.38. The smallest absolute Gasteiger partial charge is 0.326 e. The molecule has 0 aliphatic carbocycles. The van der Waals surface area contributed by atoms with Crippen LogP contribution in [0.3, 0.4) is 0 Å². The third kappa shape index (κ3) is 6.01. The van der Waals surface area contributed by atoms with Crippen LogP contribution in [0, 0.1) is 12.3 Å². The van der Waals surface area contributed by atoms with Crippen molar-refractivity contribution < 1.29 is 32.2 Å². The molecule has 0 aliphatic rings. The van der Waals surface area contributed by atoms with Gasteiger partial charge in [0.15, 0.2) is 0 Å². The van der Waals surface area contributed by atoms with Crippen molar-refractivity contribution in [3.63, 3.8) is 0 Å². The van der Waals surface area contributed by atoms with Gasteiger partial charge in [0.05, 0.1) is 44.9 Å². The van der Waals surface area contributed by atoms with E-state index in [0.717, 1.165) is 4.31 Å². The number of anilines is 2. The highest BCUT2D eigenvalue weighted by molar-refractivity contribution is 7.92. The summed E-state index contributed by atoms with van der Waals surface area (Å²) in [5.74, 6) is 1.87. The Morgan fingerprint density at radius 3 is 2.16 bits per heavy atom. The number of terminal acetylenes is 1. The van der Waals surface area contributed by atoms with Crippen molar-refractivity contribution in [2.75, 3.05) is 43.6 Å². The normalized spacial score (nSPS) is 11.8. The van der Waals surface area contributed by atoms with Crippen LogP contribution in [0.2, 0.25) is 0 Å². The summed E-state index contributed by atoms with van der Waals surface area (Å²) >= 11 is 0. The van der Waals surface area contributed by atoms with Gasteiger partial charge in [0, 0.05) is 28.6 Å². The maximum atomic E-state index is 13.9. The van der Waals surface area contributed by atoms with Crippen molar-refractivity contribution in [2.45, 2.75) is 24.3 Å². The Hall–Kier alpha value is -4.23. The van der Waals surface area contributed by atoms with Gasteiger partial charge in [-0.3, -0.25) is 13.9 Å². The SMILES string of the molecule is C#CCN(c1ccc(N(CC(=O)OC)S(=O)(=O)c2cccc(OC)c2)c2ccccc12)[C@@H](C)CC(=O)OC. The predicted molar refractivity (Wildman–Crippen MR) is 146 cm³/mol. The Balaban J connectivity index is 2.22. The van der Waals surface area contributed by atoms with E-state index in [9.17, 15) is 18.0 Å². The molecular formula is C28H30N2O7S. The number of rotatable bonds is 11. The first-order chi connectivity index (χ1) is 18.2. The highest BCUT2D eigenvalue weighted by Gasteiger charge is 2.30. The molecule has 0 unspecified atom stereocenters. The molecule has 10 heteroatoms. The minimum atomic E-state index is -4.22. The van der Waals surface area contributed by atoms with E-state index < -0.39 is 22.5 Å². The van der Waals surface area contributed by atoms with Crippen LogP contribution >= 0.6 is 0 Å². The van der Waals surface area contributed by atoms with E-state index in [1.54, 1.807) is 36.4 Å². The van der Waals surface area contributed by atoms with Gasteiger partial charge in [-0.2, -0.15) is 0 Å². The van der Waals surface area contributed by atoms with Crippen LogP contribution in [-0.4, -0.2) is 60.8 Å². The fourth-order valence-electron chi connectivity index (χ4n) is 4.12. The van der Waals surface area contributed by atoms with E-state index >= 15 is 0 Å². The third-order valence-corrected chi connectivity index (χ3v) is 7.82. The number of benzene rings is 3. The van der Waals surface area contributed by atoms with E-state index in [1.165, 1.54) is 33.5 Å². The Morgan fingerprint density at radius 2 is 1.55 bits per heavy atom. The molecule has 0 heterocycles. The number of methoxy groups -OCH3 is 3. The molecule has 3 aromatic carbocycles. The molecule has 200 valence electrons. The van der Waals surface area contributed by atoms with Crippen LogP contribution < -0.4 is 13.9 Å². The highest BCUT2D eigenvalue weighted by Crippen LogP contribution is 2.37. The fraction of sp³-hybridized carbons (Fsp3) is 0.286. The lowest BCUT2D eigenvalue weighted by molar-refractivity contribution is -0.141. The summed E-state index contributed by atoms with van der Waals surface area (Å²) in [6.07, 6.45) is 5.75. The summed E-state index contributed by atoms with van der Waals surface area (Å²) in [5.41, 5.74) is 0.981. The van der Waals surface area contributed by atoms with Crippen LogP contribution in [0.15, 0.2) is 65.6 Å². The van der Waals surface area contributed by atoms with Crippen molar-refractivity contribution >= 4 is 44.1 Å². The fourth-order valence-corrected chi connectivity index (χ4v) is 5.58. The van der Waals surface area contributed by atoms with Crippen molar-refractivity contribution in [1.29, 1.82) is 0 Å². The van der Waals surface area contributed by atoms with Crippen LogP contribution in [0.1, 0.15) is 13.3 Å². The number of esters is 2. The van der Waals surface area contributed by atoms with Gasteiger partial charge >= 0.3 is 11.9 Å². The van der Waals surface area contributed by atoms with Crippen molar-refractivity contribution in [2.24, 2.45) is 0 Å². The number of ether oxygens (including phenoxy) is 3. The molecule has 9 nitrogen and oxygen atoms in total. The van der Waals surface area contributed by atoms with E-state index in [2.05, 4.69) is 5.92 Å². The molecule has 0 aromatic heterocycles. The van der Waals surface area contributed by atoms with Crippen molar-refractivity contribution in [3.05, 3.63) is 60.7 Å². The first kappa shape index (κ1) is 28.3. The number of sulfonamides is 1. The zero-order valence-corrected chi connectivity index (χ0v) is 22.5. The van der Waals surface area contributed by atoms with Crippen molar-refractivity contribution in [3.8, 4) is 18.1 Å². The molecule has 3 aromatic rings. The Labute approximate surface area is 222 Å². The summed E-state index contributed by atoms with van der Waals surface area (Å²) in [7, 11) is -0.262. The van der Waals surface area contributed by atoms with Gasteiger partial charge in [-0.15, -0.1) is 6.42 Å². The number of hydrogen-bond acceptors (Lipinski definition) is 8. The number of carbonyl (C=O) groups excluding carboxylic acids is 2. The Bertz CT molecular complexity index is 1460. The maximum absolute atomic E-state index is 13.9. The molecule has 1 atom stereocenters. The summed E-state index contributed by atoms with van der Waals surface area (Å²) in [6.45, 7) is 1.51. The zero-order chi connectivity index (χ0) is 27.9. The third-order valence-electron chi connectivity index (χ3n) is 6.07. The predicted octanol–water partition coefficient (Wildman–Crippen LogP) is 3.61. The lowest BCUT2D eigenvalue weighted by Gasteiger charge is -2.31. The van der Waals surface area contributed by atoms with Gasteiger partial charge in [-0.1, -0.05) is 36.3 Å². The Morgan fingerprint density at radius 1 is 0.921 bits per heavy atom. The van der Waals surface area contributed by atoms with Crippen LogP contribution in [0.4, 0.5) is 11.4 Å². The van der Waals surface area contributed by atoms with E-state index in [0.29, 0.717) is 22.2 Å². The Kier molecular flexibility index (Phi) is 9.20. The summed E-state index contributed by atoms with van der Waals surface area (Å²) in [6, 6.07) is 16.2. The summed E-state index contributed by atoms with van der Waals surface area (Å²) < 4.78 is 43.6. The molecule has 0 saturated heterocycles. The van der Waals surface area contributed by atoms with Crippen LogP contribution in [-0.2, 0) is 29.1 Å². The standard InChI is InChI=1S/C28H30N2O7S/c1-6-16-29(20(2)17-27(31)36-4)25-14-15-26(24-13-8-7-12-23(24)25)30(19-28(32)37-5)38(33,34)22-11-9-10-21(18-22)35-3/h1,7-15,18,20H,16-17,19H2,2-5H3/t20-/m0/s1. The number of fused-ring (bicyclic) bond motifs is 1. The van der Waals surface area contributed by atoms with Crippen LogP contribution in [0.5, 0.6) is 5.75 Å². The molecule has 0 radical (unpaired) electrons. The van der Waals surface area contributed by atoms with E-state index in [4.69, 9.17) is 20.6 Å². The van der Waals surface area contributed by atoms with Gasteiger partial charge in [-0.25, -0.2) is 8.42 Å². The highest BCUT2D eigenvalue weighted by atomic mass is 32.2. The molecule has 3 rings (SSSR count). The molecule has 0 spiro atoms. The maximum Gasteiger partial charge on any atom is 0.326 e. The molecule has 38 heavy (non-hydrogen) atoms. The number of hydrogen-bond donors (Lipinski definition) is 0.